The molecule has 16 heavy (non-hydrogen) atoms. The molecule has 0 saturated heterocycles. The molecule has 94 valence electrons. The molecule has 0 aromatic rings. The Morgan fingerprint density at radius 3 is 2.62 bits per heavy atom. The second-order valence-corrected chi connectivity index (χ2v) is 5.20. The van der Waals surface area contributed by atoms with Crippen LogP contribution in [0, 0.1) is 11.8 Å². The smallest absolute Gasteiger partial charge is 0.317 e. The first-order chi connectivity index (χ1) is 7.56. The number of carbonyl (C=O) groups is 1. The highest BCUT2D eigenvalue weighted by Crippen LogP contribution is 2.32. The largest absolute Gasteiger partial charge is 0.480 e. The van der Waals surface area contributed by atoms with E-state index in [0.29, 0.717) is 12.0 Å². The lowest BCUT2D eigenvalue weighted by molar-refractivity contribution is -0.139. The summed E-state index contributed by atoms with van der Waals surface area (Å²) in [7, 11) is 0. The van der Waals surface area contributed by atoms with Gasteiger partial charge in [-0.1, -0.05) is 33.6 Å². The summed E-state index contributed by atoms with van der Waals surface area (Å²) < 4.78 is 0. The van der Waals surface area contributed by atoms with Gasteiger partial charge in [-0.15, -0.1) is 0 Å². The molecule has 0 radical (unpaired) electrons. The Bertz CT molecular complexity index is 230. The van der Waals surface area contributed by atoms with Crippen LogP contribution in [-0.4, -0.2) is 35.1 Å². The van der Waals surface area contributed by atoms with Crippen molar-refractivity contribution in [3.05, 3.63) is 0 Å². The van der Waals surface area contributed by atoms with Gasteiger partial charge in [0.15, 0.2) is 0 Å². The minimum absolute atomic E-state index is 0.204. The van der Waals surface area contributed by atoms with E-state index in [0.717, 1.165) is 18.9 Å². The van der Waals surface area contributed by atoms with Crippen LogP contribution in [0.25, 0.3) is 0 Å². The van der Waals surface area contributed by atoms with Gasteiger partial charge in [0.05, 0.1) is 6.54 Å². The van der Waals surface area contributed by atoms with E-state index in [1.54, 1.807) is 0 Å². The van der Waals surface area contributed by atoms with Gasteiger partial charge in [-0.05, 0) is 31.2 Å². The highest BCUT2D eigenvalue weighted by atomic mass is 16.4. The zero-order chi connectivity index (χ0) is 12.1. The van der Waals surface area contributed by atoms with Gasteiger partial charge in [0.2, 0.25) is 0 Å². The fraction of sp³-hybridized carbons (Fsp3) is 0.923. The number of hydrogen-bond acceptors (Lipinski definition) is 2. The van der Waals surface area contributed by atoms with Crippen molar-refractivity contribution in [1.29, 1.82) is 0 Å². The third-order valence-electron chi connectivity index (χ3n) is 3.98. The highest BCUT2D eigenvalue weighted by molar-refractivity contribution is 5.69. The molecule has 3 atom stereocenters. The lowest BCUT2D eigenvalue weighted by Crippen LogP contribution is -2.46. The number of carboxylic acid groups (broad SMARTS) is 1. The molecule has 1 aliphatic carbocycles. The van der Waals surface area contributed by atoms with Crippen LogP contribution in [0.5, 0.6) is 0 Å². The SMILES string of the molecule is CCCN(CC(=O)O)C1CCCC(C)C1C. The summed E-state index contributed by atoms with van der Waals surface area (Å²) in [6.45, 7) is 7.80. The van der Waals surface area contributed by atoms with E-state index in [1.165, 1.54) is 19.3 Å². The van der Waals surface area contributed by atoms with Crippen LogP contribution in [0.15, 0.2) is 0 Å². The summed E-state index contributed by atoms with van der Waals surface area (Å²) in [5, 5.41) is 8.95. The number of hydrogen-bond donors (Lipinski definition) is 1. The van der Waals surface area contributed by atoms with Crippen molar-refractivity contribution in [1.82, 2.24) is 4.90 Å². The zero-order valence-corrected chi connectivity index (χ0v) is 10.8. The molecule has 1 N–H and O–H groups in total. The molecule has 1 fully saturated rings. The van der Waals surface area contributed by atoms with Crippen molar-refractivity contribution < 1.29 is 9.90 Å². The van der Waals surface area contributed by atoms with E-state index in [2.05, 4.69) is 25.7 Å². The molecule has 0 amide bonds. The van der Waals surface area contributed by atoms with Crippen LogP contribution in [0.4, 0.5) is 0 Å². The van der Waals surface area contributed by atoms with E-state index in [-0.39, 0.29) is 6.54 Å². The summed E-state index contributed by atoms with van der Waals surface area (Å²) in [5.41, 5.74) is 0. The first kappa shape index (κ1) is 13.5. The Hall–Kier alpha value is -0.570. The zero-order valence-electron chi connectivity index (χ0n) is 10.8. The first-order valence-corrected chi connectivity index (χ1v) is 6.52. The average Bonchev–Trinajstić information content (AvgIpc) is 2.21. The lowest BCUT2D eigenvalue weighted by Gasteiger charge is -2.41. The number of carboxylic acids is 1. The summed E-state index contributed by atoms with van der Waals surface area (Å²) in [6, 6.07) is 0.472. The lowest BCUT2D eigenvalue weighted by atomic mass is 9.77. The normalized spacial score (nSPS) is 30.6. The Morgan fingerprint density at radius 2 is 2.06 bits per heavy atom. The summed E-state index contributed by atoms with van der Waals surface area (Å²) in [4.78, 5) is 13.0. The van der Waals surface area contributed by atoms with Crippen molar-refractivity contribution in [2.24, 2.45) is 11.8 Å². The predicted molar refractivity (Wildman–Crippen MR) is 65.5 cm³/mol. The Balaban J connectivity index is 2.64. The molecule has 0 heterocycles. The standard InChI is InChI=1S/C13H25NO2/c1-4-8-14(9-13(15)16)12-7-5-6-10(2)11(12)3/h10-12H,4-9H2,1-3H3,(H,15,16). The summed E-state index contributed by atoms with van der Waals surface area (Å²) in [5.74, 6) is 0.658. The van der Waals surface area contributed by atoms with Crippen LogP contribution in [0.2, 0.25) is 0 Å². The van der Waals surface area contributed by atoms with Gasteiger partial charge in [0.25, 0.3) is 0 Å². The summed E-state index contributed by atoms with van der Waals surface area (Å²) >= 11 is 0. The molecule has 3 nitrogen and oxygen atoms in total. The van der Waals surface area contributed by atoms with Gasteiger partial charge in [-0.2, -0.15) is 0 Å². The van der Waals surface area contributed by atoms with Crippen molar-refractivity contribution >= 4 is 5.97 Å². The Morgan fingerprint density at radius 1 is 1.38 bits per heavy atom. The molecule has 0 aromatic heterocycles. The molecule has 0 aliphatic heterocycles. The first-order valence-electron chi connectivity index (χ1n) is 6.52. The van der Waals surface area contributed by atoms with Crippen LogP contribution in [0.3, 0.4) is 0 Å². The minimum atomic E-state index is -0.695. The van der Waals surface area contributed by atoms with Gasteiger partial charge < -0.3 is 5.11 Å². The van der Waals surface area contributed by atoms with E-state index in [9.17, 15) is 4.79 Å². The van der Waals surface area contributed by atoms with Crippen molar-refractivity contribution in [2.45, 2.75) is 52.5 Å². The maximum atomic E-state index is 10.9. The molecule has 0 aromatic carbocycles. The van der Waals surface area contributed by atoms with Crippen molar-refractivity contribution in [2.75, 3.05) is 13.1 Å². The Kier molecular flexibility index (Phi) is 5.26. The van der Waals surface area contributed by atoms with Gasteiger partial charge >= 0.3 is 5.97 Å². The third kappa shape index (κ3) is 3.48. The van der Waals surface area contributed by atoms with Crippen LogP contribution < -0.4 is 0 Å². The molecule has 3 heteroatoms. The van der Waals surface area contributed by atoms with Crippen LogP contribution >= 0.6 is 0 Å². The topological polar surface area (TPSA) is 40.5 Å². The molecule has 1 rings (SSSR count). The molecular formula is C13H25NO2. The fourth-order valence-corrected chi connectivity index (χ4v) is 2.89. The monoisotopic (exact) mass is 227 g/mol. The van der Waals surface area contributed by atoms with Gasteiger partial charge in [0.1, 0.15) is 0 Å². The summed E-state index contributed by atoms with van der Waals surface area (Å²) in [6.07, 6.45) is 4.74. The maximum absolute atomic E-state index is 10.9. The number of nitrogens with zero attached hydrogens (tertiary/aromatic N) is 1. The number of rotatable bonds is 5. The highest BCUT2D eigenvalue weighted by Gasteiger charge is 2.31. The van der Waals surface area contributed by atoms with Gasteiger partial charge in [-0.25, -0.2) is 0 Å². The molecule has 1 aliphatic rings. The second-order valence-electron chi connectivity index (χ2n) is 5.20. The van der Waals surface area contributed by atoms with E-state index >= 15 is 0 Å². The minimum Gasteiger partial charge on any atom is -0.480 e. The van der Waals surface area contributed by atoms with Crippen molar-refractivity contribution in [3.63, 3.8) is 0 Å². The molecule has 1 saturated carbocycles. The quantitative estimate of drug-likeness (QED) is 0.785. The van der Waals surface area contributed by atoms with Crippen LogP contribution in [-0.2, 0) is 4.79 Å². The predicted octanol–water partition coefficient (Wildman–Crippen LogP) is 2.61. The molecule has 3 unspecified atom stereocenters. The third-order valence-corrected chi connectivity index (χ3v) is 3.98. The average molecular weight is 227 g/mol. The van der Waals surface area contributed by atoms with Crippen molar-refractivity contribution in [3.8, 4) is 0 Å². The second kappa shape index (κ2) is 6.24. The fourth-order valence-electron chi connectivity index (χ4n) is 2.89. The van der Waals surface area contributed by atoms with E-state index in [1.807, 2.05) is 0 Å². The van der Waals surface area contributed by atoms with E-state index < -0.39 is 5.97 Å². The maximum Gasteiger partial charge on any atom is 0.317 e. The van der Waals surface area contributed by atoms with Gasteiger partial charge in [-0.3, -0.25) is 9.69 Å². The van der Waals surface area contributed by atoms with Crippen LogP contribution in [0.1, 0.15) is 46.5 Å². The number of aliphatic carboxylic acids is 1. The Labute approximate surface area is 98.8 Å². The molecular weight excluding hydrogens is 202 g/mol. The molecule has 0 bridgehead atoms. The van der Waals surface area contributed by atoms with Gasteiger partial charge in [0, 0.05) is 6.04 Å². The van der Waals surface area contributed by atoms with E-state index in [4.69, 9.17) is 5.11 Å². The molecule has 0 spiro atoms.